The molecule has 0 aliphatic heterocycles. The Hall–Kier alpha value is -4.99. The maximum absolute atomic E-state index is 12.2. The van der Waals surface area contributed by atoms with E-state index in [1.807, 2.05) is 78.9 Å². The quantitative estimate of drug-likeness (QED) is 0.262. The van der Waals surface area contributed by atoms with Gasteiger partial charge in [0.25, 0.3) is 0 Å². The monoisotopic (exact) mass is 513 g/mol. The highest BCUT2D eigenvalue weighted by molar-refractivity contribution is 7.08. The number of rotatable bonds is 6. The molecule has 0 aliphatic carbocycles. The number of nitrogens with zero attached hydrogens (tertiary/aromatic N) is 3. The predicted octanol–water partition coefficient (Wildman–Crippen LogP) is 5.96. The molecule has 0 bridgehead atoms. The molecule has 0 N–H and O–H groups in total. The molecule has 6 heteroatoms. The molecule has 1 heterocycles. The molecule has 5 nitrogen and oxygen atoms in total. The summed E-state index contributed by atoms with van der Waals surface area (Å²) in [5, 5.41) is 9.58. The molecule has 0 fully saturated rings. The van der Waals surface area contributed by atoms with Crippen LogP contribution >= 0.6 is 11.3 Å². The zero-order valence-corrected chi connectivity index (χ0v) is 21.4. The predicted molar refractivity (Wildman–Crippen MR) is 153 cm³/mol. The van der Waals surface area contributed by atoms with Crippen LogP contribution in [0.4, 0.5) is 17.1 Å². The summed E-state index contributed by atoms with van der Waals surface area (Å²) in [6, 6.07) is 40.4. The number of hydrogen-bond donors (Lipinski definition) is 0. The first kappa shape index (κ1) is 24.7. The highest BCUT2D eigenvalue weighted by Gasteiger charge is 2.15. The van der Waals surface area contributed by atoms with Crippen molar-refractivity contribution in [1.82, 2.24) is 4.98 Å². The summed E-state index contributed by atoms with van der Waals surface area (Å²) in [6.45, 7) is 0. The highest BCUT2D eigenvalue weighted by Crippen LogP contribution is 2.34. The molecule has 5 rings (SSSR count). The number of benzene rings is 4. The minimum atomic E-state index is -0.696. The van der Waals surface area contributed by atoms with E-state index in [0.717, 1.165) is 32.7 Å². The molecular formula is C32H23N3O2S. The van der Waals surface area contributed by atoms with Crippen molar-refractivity contribution < 1.29 is 9.53 Å². The fourth-order valence-corrected chi connectivity index (χ4v) is 5.13. The van der Waals surface area contributed by atoms with Crippen LogP contribution in [0, 0.1) is 11.3 Å². The van der Waals surface area contributed by atoms with Crippen molar-refractivity contribution in [2.45, 2.75) is 0 Å². The zero-order valence-electron chi connectivity index (χ0n) is 20.6. The van der Waals surface area contributed by atoms with E-state index in [4.69, 9.17) is 4.74 Å². The van der Waals surface area contributed by atoms with Gasteiger partial charge in [0.05, 0.1) is 17.3 Å². The van der Waals surface area contributed by atoms with E-state index in [-0.39, 0.29) is 5.57 Å². The van der Waals surface area contributed by atoms with Gasteiger partial charge in [0.15, 0.2) is 5.57 Å². The van der Waals surface area contributed by atoms with Crippen LogP contribution < -0.4 is 14.1 Å². The Kier molecular flexibility index (Phi) is 7.39. The number of methoxy groups -OCH3 is 1. The molecule has 1 aromatic heterocycles. The average molecular weight is 514 g/mol. The van der Waals surface area contributed by atoms with Crippen molar-refractivity contribution in [1.29, 1.82) is 5.26 Å². The van der Waals surface area contributed by atoms with Crippen molar-refractivity contribution in [3.63, 3.8) is 0 Å². The van der Waals surface area contributed by atoms with Gasteiger partial charge in [0, 0.05) is 22.6 Å². The third-order valence-corrected chi connectivity index (χ3v) is 6.91. The van der Waals surface area contributed by atoms with Gasteiger partial charge in [-0.15, -0.1) is 11.3 Å². The normalized spacial score (nSPS) is 11.9. The fraction of sp³-hybridized carbons (Fsp3) is 0.0312. The zero-order chi connectivity index (χ0) is 26.3. The third-order valence-electron chi connectivity index (χ3n) is 5.89. The molecular weight excluding hydrogens is 490 g/mol. The summed E-state index contributed by atoms with van der Waals surface area (Å²) in [5.41, 5.74) is 5.64. The van der Waals surface area contributed by atoms with Crippen LogP contribution in [-0.2, 0) is 9.53 Å². The van der Waals surface area contributed by atoms with Crippen molar-refractivity contribution >= 4 is 46.0 Å². The van der Waals surface area contributed by atoms with Crippen molar-refractivity contribution in [3.05, 3.63) is 130 Å². The van der Waals surface area contributed by atoms with Crippen LogP contribution in [0.25, 0.3) is 22.9 Å². The van der Waals surface area contributed by atoms with E-state index in [1.54, 1.807) is 0 Å². The van der Waals surface area contributed by atoms with Crippen LogP contribution in [0.15, 0.2) is 115 Å². The van der Waals surface area contributed by atoms with Crippen LogP contribution in [-0.4, -0.2) is 18.1 Å². The molecule has 184 valence electrons. The molecule has 0 radical (unpaired) electrons. The maximum atomic E-state index is 12.2. The molecule has 0 aliphatic rings. The lowest BCUT2D eigenvalue weighted by molar-refractivity contribution is -0.133. The fourth-order valence-electron chi connectivity index (χ4n) is 4.09. The lowest BCUT2D eigenvalue weighted by Crippen LogP contribution is -2.13. The molecule has 0 spiro atoms. The number of nitriles is 1. The summed E-state index contributed by atoms with van der Waals surface area (Å²) in [5.74, 6) is -0.696. The number of anilines is 3. The Balaban J connectivity index is 1.61. The van der Waals surface area contributed by atoms with Gasteiger partial charge in [0.2, 0.25) is 0 Å². The number of carbonyl (C=O) groups excluding carboxylic acids is 1. The first-order valence-electron chi connectivity index (χ1n) is 11.9. The summed E-state index contributed by atoms with van der Waals surface area (Å²) in [4.78, 5) is 19.0. The Morgan fingerprint density at radius 2 is 1.34 bits per heavy atom. The molecule has 0 saturated heterocycles. The van der Waals surface area contributed by atoms with Gasteiger partial charge in [-0.1, -0.05) is 78.9 Å². The van der Waals surface area contributed by atoms with Crippen LogP contribution in [0.1, 0.15) is 5.56 Å². The van der Waals surface area contributed by atoms with Crippen molar-refractivity contribution in [2.24, 2.45) is 0 Å². The van der Waals surface area contributed by atoms with Crippen molar-refractivity contribution in [3.8, 4) is 17.3 Å². The lowest BCUT2D eigenvalue weighted by Gasteiger charge is -2.25. The van der Waals surface area contributed by atoms with E-state index < -0.39 is 5.97 Å². The number of thiazole rings is 1. The Bertz CT molecular complexity index is 1670. The molecule has 4 aromatic carbocycles. The molecule has 38 heavy (non-hydrogen) atoms. The molecule has 0 unspecified atom stereocenters. The second kappa shape index (κ2) is 11.4. The van der Waals surface area contributed by atoms with Crippen molar-refractivity contribution in [2.75, 3.05) is 12.0 Å². The Morgan fingerprint density at radius 3 is 1.87 bits per heavy atom. The highest BCUT2D eigenvalue weighted by atomic mass is 32.1. The van der Waals surface area contributed by atoms with E-state index in [1.165, 1.54) is 18.4 Å². The Morgan fingerprint density at radius 1 is 0.816 bits per heavy atom. The standard InChI is InChI=1S/C32H23N3O2S/c1-37-32(36)28(22-33)31-34-30(24-11-5-2-6-12-24)29(38-31)21-23-17-19-27(20-18-23)35(25-13-7-3-8-14-25)26-15-9-4-10-16-26/h2-21H,1H3/b29-21-,31-28-. The molecule has 5 aromatic rings. The summed E-state index contributed by atoms with van der Waals surface area (Å²) in [6.07, 6.45) is 2.02. The van der Waals surface area contributed by atoms with Gasteiger partial charge in [-0.05, 0) is 48.0 Å². The summed E-state index contributed by atoms with van der Waals surface area (Å²) in [7, 11) is 1.26. The largest absolute Gasteiger partial charge is 0.465 e. The van der Waals surface area contributed by atoms with Gasteiger partial charge in [-0.3, -0.25) is 0 Å². The second-order valence-corrected chi connectivity index (χ2v) is 9.35. The van der Waals surface area contributed by atoms with E-state index in [9.17, 15) is 10.1 Å². The number of esters is 1. The Labute approximate surface area is 224 Å². The number of carbonyl (C=O) groups is 1. The van der Waals surface area contributed by atoms with Gasteiger partial charge >= 0.3 is 5.97 Å². The van der Waals surface area contributed by atoms with E-state index in [2.05, 4.69) is 58.4 Å². The van der Waals surface area contributed by atoms with Gasteiger partial charge < -0.3 is 9.64 Å². The number of para-hydroxylation sites is 2. The number of aromatic nitrogens is 1. The number of ether oxygens (including phenoxy) is 1. The third kappa shape index (κ3) is 5.24. The topological polar surface area (TPSA) is 66.2 Å². The van der Waals surface area contributed by atoms with Gasteiger partial charge in [-0.2, -0.15) is 5.26 Å². The minimum absolute atomic E-state index is 0.106. The number of hydrogen-bond acceptors (Lipinski definition) is 6. The average Bonchev–Trinajstić information content (AvgIpc) is 3.39. The lowest BCUT2D eigenvalue weighted by atomic mass is 10.1. The smallest absolute Gasteiger partial charge is 0.351 e. The van der Waals surface area contributed by atoms with E-state index in [0.29, 0.717) is 10.4 Å². The molecule has 0 saturated carbocycles. The summed E-state index contributed by atoms with van der Waals surface area (Å²) < 4.78 is 5.97. The molecule has 0 amide bonds. The van der Waals surface area contributed by atoms with Crippen LogP contribution in [0.5, 0.6) is 0 Å². The maximum Gasteiger partial charge on any atom is 0.351 e. The molecule has 0 atom stereocenters. The second-order valence-electron chi connectivity index (χ2n) is 8.32. The SMILES string of the molecule is COC(=O)/C(C#N)=c1/nc(-c2ccccc2)/c(=C/c2ccc(N(c3ccccc3)c3ccccc3)cc2)s1. The van der Waals surface area contributed by atoms with Crippen LogP contribution in [0.3, 0.4) is 0 Å². The first-order valence-corrected chi connectivity index (χ1v) is 12.8. The first-order chi connectivity index (χ1) is 18.7. The minimum Gasteiger partial charge on any atom is -0.465 e. The van der Waals surface area contributed by atoms with Gasteiger partial charge in [0.1, 0.15) is 10.7 Å². The van der Waals surface area contributed by atoms with Gasteiger partial charge in [-0.25, -0.2) is 9.78 Å². The summed E-state index contributed by atoms with van der Waals surface area (Å²) >= 11 is 1.29. The van der Waals surface area contributed by atoms with E-state index >= 15 is 0 Å². The van der Waals surface area contributed by atoms with Crippen LogP contribution in [0.2, 0.25) is 0 Å².